The van der Waals surface area contributed by atoms with Gasteiger partial charge in [-0.05, 0) is 24.1 Å². The van der Waals surface area contributed by atoms with Crippen LogP contribution in [0.25, 0.3) is 0 Å². The van der Waals surface area contributed by atoms with Gasteiger partial charge in [0.05, 0.1) is 7.11 Å². The van der Waals surface area contributed by atoms with Crippen molar-refractivity contribution in [2.24, 2.45) is 0 Å². The summed E-state index contributed by atoms with van der Waals surface area (Å²) < 4.78 is 5.07. The molecule has 1 aromatic carbocycles. The molecule has 17 heavy (non-hydrogen) atoms. The number of ether oxygens (including phenoxy) is 1. The van der Waals surface area contributed by atoms with Gasteiger partial charge >= 0.3 is 0 Å². The minimum absolute atomic E-state index is 0.251. The van der Waals surface area contributed by atoms with Crippen LogP contribution in [0.15, 0.2) is 24.3 Å². The molecule has 0 aromatic heterocycles. The topological polar surface area (TPSA) is 29.5 Å². The summed E-state index contributed by atoms with van der Waals surface area (Å²) in [6.07, 6.45) is 11.7. The molecule has 0 aliphatic rings. The smallest absolute Gasteiger partial charge is 0.118 e. The zero-order valence-corrected chi connectivity index (χ0v) is 9.94. The van der Waals surface area contributed by atoms with E-state index < -0.39 is 5.60 Å². The Labute approximate surface area is 103 Å². The van der Waals surface area contributed by atoms with Crippen molar-refractivity contribution in [3.05, 3.63) is 29.8 Å². The van der Waals surface area contributed by atoms with Crippen LogP contribution in [-0.4, -0.2) is 12.2 Å². The zero-order chi connectivity index (χ0) is 12.7. The summed E-state index contributed by atoms with van der Waals surface area (Å²) >= 11 is 0. The molecule has 0 spiro atoms. The molecule has 0 bridgehead atoms. The van der Waals surface area contributed by atoms with Crippen molar-refractivity contribution in [2.75, 3.05) is 7.11 Å². The number of methoxy groups -OCH3 is 1. The van der Waals surface area contributed by atoms with Crippen LogP contribution in [-0.2, 0) is 5.60 Å². The van der Waals surface area contributed by atoms with Crippen molar-refractivity contribution in [1.82, 2.24) is 0 Å². The monoisotopic (exact) mass is 228 g/mol. The van der Waals surface area contributed by atoms with Gasteiger partial charge in [-0.25, -0.2) is 0 Å². The molecule has 0 saturated heterocycles. The van der Waals surface area contributed by atoms with Crippen molar-refractivity contribution >= 4 is 0 Å². The highest BCUT2D eigenvalue weighted by Gasteiger charge is 2.27. The van der Waals surface area contributed by atoms with Gasteiger partial charge in [-0.1, -0.05) is 12.1 Å². The second kappa shape index (κ2) is 5.99. The Bertz CT molecular complexity index is 433. The van der Waals surface area contributed by atoms with Crippen molar-refractivity contribution in [2.45, 2.75) is 24.9 Å². The Hall–Kier alpha value is -1.90. The predicted octanol–water partition coefficient (Wildman–Crippen LogP) is 2.32. The predicted molar refractivity (Wildman–Crippen MR) is 68.4 cm³/mol. The normalized spacial score (nSPS) is 13.2. The lowest BCUT2D eigenvalue weighted by molar-refractivity contribution is 0.0342. The molecule has 0 fully saturated rings. The molecule has 88 valence electrons. The molecule has 1 unspecified atom stereocenters. The van der Waals surface area contributed by atoms with E-state index in [9.17, 15) is 5.11 Å². The van der Waals surface area contributed by atoms with E-state index in [1.165, 1.54) is 0 Å². The van der Waals surface area contributed by atoms with E-state index in [2.05, 4.69) is 11.8 Å². The third-order valence-electron chi connectivity index (χ3n) is 2.70. The molecule has 1 aromatic rings. The molecule has 0 saturated carbocycles. The third kappa shape index (κ3) is 3.28. The molecule has 2 nitrogen and oxygen atoms in total. The van der Waals surface area contributed by atoms with Gasteiger partial charge in [0.25, 0.3) is 0 Å². The van der Waals surface area contributed by atoms with Crippen molar-refractivity contribution < 1.29 is 9.84 Å². The number of terminal acetylenes is 2. The Morgan fingerprint density at radius 3 is 2.35 bits per heavy atom. The van der Waals surface area contributed by atoms with E-state index in [1.54, 1.807) is 19.2 Å². The molecule has 1 rings (SSSR count). The first kappa shape index (κ1) is 13.2. The first-order chi connectivity index (χ1) is 8.16. The van der Waals surface area contributed by atoms with Crippen LogP contribution in [0.4, 0.5) is 0 Å². The molecule has 0 heterocycles. The SMILES string of the molecule is C#CCCC(O)(CC#C)c1ccc(OC)cc1. The second-order valence-corrected chi connectivity index (χ2v) is 3.85. The van der Waals surface area contributed by atoms with Crippen LogP contribution in [0.3, 0.4) is 0 Å². The van der Waals surface area contributed by atoms with Gasteiger partial charge in [0.1, 0.15) is 11.4 Å². The largest absolute Gasteiger partial charge is 0.497 e. The Kier molecular flexibility index (Phi) is 4.64. The van der Waals surface area contributed by atoms with Crippen molar-refractivity contribution in [1.29, 1.82) is 0 Å². The van der Waals surface area contributed by atoms with Crippen molar-refractivity contribution in [3.63, 3.8) is 0 Å². The molecule has 0 amide bonds. The van der Waals surface area contributed by atoms with Gasteiger partial charge < -0.3 is 9.84 Å². The summed E-state index contributed by atoms with van der Waals surface area (Å²) in [5, 5.41) is 10.5. The van der Waals surface area contributed by atoms with Crippen LogP contribution in [0.2, 0.25) is 0 Å². The van der Waals surface area contributed by atoms with E-state index in [-0.39, 0.29) is 6.42 Å². The maximum atomic E-state index is 10.5. The fraction of sp³-hybridized carbons (Fsp3) is 0.333. The Balaban J connectivity index is 2.97. The van der Waals surface area contributed by atoms with Crippen LogP contribution >= 0.6 is 0 Å². The summed E-state index contributed by atoms with van der Waals surface area (Å²) in [5.74, 6) is 5.76. The van der Waals surface area contributed by atoms with Gasteiger partial charge in [0.2, 0.25) is 0 Å². The van der Waals surface area contributed by atoms with Gasteiger partial charge in [-0.3, -0.25) is 0 Å². The van der Waals surface area contributed by atoms with E-state index in [4.69, 9.17) is 17.6 Å². The van der Waals surface area contributed by atoms with Crippen LogP contribution < -0.4 is 4.74 Å². The second-order valence-electron chi connectivity index (χ2n) is 3.85. The molecular weight excluding hydrogens is 212 g/mol. The highest BCUT2D eigenvalue weighted by Crippen LogP contribution is 2.30. The van der Waals surface area contributed by atoms with Crippen LogP contribution in [0.1, 0.15) is 24.8 Å². The maximum Gasteiger partial charge on any atom is 0.118 e. The van der Waals surface area contributed by atoms with Gasteiger partial charge in [0.15, 0.2) is 0 Å². The van der Waals surface area contributed by atoms with E-state index in [1.807, 2.05) is 12.1 Å². The lowest BCUT2D eigenvalue weighted by Crippen LogP contribution is -2.24. The lowest BCUT2D eigenvalue weighted by Gasteiger charge is -2.26. The van der Waals surface area contributed by atoms with Crippen LogP contribution in [0, 0.1) is 24.7 Å². The number of benzene rings is 1. The highest BCUT2D eigenvalue weighted by molar-refractivity contribution is 5.31. The Morgan fingerprint density at radius 1 is 1.24 bits per heavy atom. The van der Waals surface area contributed by atoms with Gasteiger partial charge in [-0.2, -0.15) is 0 Å². The average molecular weight is 228 g/mol. The van der Waals surface area contributed by atoms with E-state index in [0.717, 1.165) is 11.3 Å². The van der Waals surface area contributed by atoms with E-state index in [0.29, 0.717) is 12.8 Å². The number of hydrogen-bond acceptors (Lipinski definition) is 2. The Morgan fingerprint density at radius 2 is 1.88 bits per heavy atom. The zero-order valence-electron chi connectivity index (χ0n) is 9.94. The van der Waals surface area contributed by atoms with Gasteiger partial charge in [0, 0.05) is 12.8 Å². The highest BCUT2D eigenvalue weighted by atomic mass is 16.5. The minimum atomic E-state index is -1.05. The molecule has 0 aliphatic carbocycles. The first-order valence-corrected chi connectivity index (χ1v) is 5.40. The fourth-order valence-electron chi connectivity index (χ4n) is 1.68. The standard InChI is InChI=1S/C15H16O2/c1-4-6-12-15(16,11-5-2)13-7-9-14(17-3)10-8-13/h1-2,7-10,16H,6,11-12H2,3H3. The maximum absolute atomic E-state index is 10.5. The summed E-state index contributed by atoms with van der Waals surface area (Å²) in [7, 11) is 1.60. The quantitative estimate of drug-likeness (QED) is 0.784. The number of aliphatic hydroxyl groups is 1. The number of hydrogen-bond donors (Lipinski definition) is 1. The molecule has 1 N–H and O–H groups in total. The summed E-state index contributed by atoms with van der Waals surface area (Å²) in [4.78, 5) is 0. The third-order valence-corrected chi connectivity index (χ3v) is 2.70. The molecular formula is C15H16O2. The summed E-state index contributed by atoms with van der Waals surface area (Å²) in [6.45, 7) is 0. The summed E-state index contributed by atoms with van der Waals surface area (Å²) in [5.41, 5.74) is -0.278. The lowest BCUT2D eigenvalue weighted by atomic mass is 9.86. The minimum Gasteiger partial charge on any atom is -0.497 e. The van der Waals surface area contributed by atoms with Crippen LogP contribution in [0.5, 0.6) is 5.75 Å². The van der Waals surface area contributed by atoms with Gasteiger partial charge in [-0.15, -0.1) is 24.7 Å². The molecule has 1 atom stereocenters. The molecule has 2 heteroatoms. The first-order valence-electron chi connectivity index (χ1n) is 5.40. The summed E-state index contributed by atoms with van der Waals surface area (Å²) in [6, 6.07) is 7.22. The van der Waals surface area contributed by atoms with Crippen molar-refractivity contribution in [3.8, 4) is 30.4 Å². The molecule has 0 aliphatic heterocycles. The number of rotatable bonds is 5. The average Bonchev–Trinajstić information content (AvgIpc) is 2.37. The fourth-order valence-corrected chi connectivity index (χ4v) is 1.68. The van der Waals surface area contributed by atoms with E-state index >= 15 is 0 Å². The molecule has 0 radical (unpaired) electrons.